The fourth-order valence-electron chi connectivity index (χ4n) is 14.7. The molecule has 0 saturated heterocycles. The number of aromatic nitrogens is 10. The van der Waals surface area contributed by atoms with Gasteiger partial charge in [-0.3, -0.25) is 9.97 Å². The van der Waals surface area contributed by atoms with Gasteiger partial charge in [-0.25, -0.2) is 39.9 Å². The summed E-state index contributed by atoms with van der Waals surface area (Å²) in [6.07, 6.45) is 17.2. The molecular formula is C131H168N10O3S2. The second-order valence-electron chi connectivity index (χ2n) is 39.4. The van der Waals surface area contributed by atoms with Crippen LogP contribution in [0.5, 0.6) is 0 Å². The van der Waals surface area contributed by atoms with Crippen LogP contribution in [-0.4, -0.2) is 49.8 Å². The third kappa shape index (κ3) is 33.1. The van der Waals surface area contributed by atoms with Gasteiger partial charge in [0, 0.05) is 104 Å². The second-order valence-corrected chi connectivity index (χ2v) is 41.4. The quantitative estimate of drug-likeness (QED) is 0.132. The Labute approximate surface area is 880 Å². The molecule has 15 heteroatoms. The van der Waals surface area contributed by atoms with E-state index in [1.54, 1.807) is 84.6 Å². The molecule has 0 aliphatic carbocycles. The zero-order chi connectivity index (χ0) is 109. The van der Waals surface area contributed by atoms with Crippen LogP contribution < -0.4 is 0 Å². The van der Waals surface area contributed by atoms with Crippen molar-refractivity contribution in [2.45, 2.75) is 277 Å². The lowest BCUT2D eigenvalue weighted by Crippen LogP contribution is -1.93. The Kier molecular flexibility index (Phi) is 50.5. The standard InChI is InChI=1S/2C18H10N2O.2C18H10N2S.C14H8N2O.5C5H12.10C2H6/c4*1-3-7-13-11(5-1)12-6-2-4-8-14(12)17-15(13)16-18(21-17)20-10-9-19-16;1-2-4-10-9(3-1)5-6-11-12(10)13-14(17-11)16-8-7-15-13;5*1-5(2,3)4;10*1-2/h4*1-10H;1-8H;5*1-4H3;10*1-2H3. The lowest BCUT2D eigenvalue weighted by molar-refractivity contribution is 0.469. The molecule has 0 spiro atoms. The molecule has 0 N–H and O–H groups in total. The van der Waals surface area contributed by atoms with Gasteiger partial charge in [-0.1, -0.05) is 501 Å². The molecule has 0 aliphatic rings. The Morgan fingerprint density at radius 3 is 0.644 bits per heavy atom. The largest absolute Gasteiger partial charge is 0.436 e. The highest BCUT2D eigenvalue weighted by atomic mass is 32.1. The van der Waals surface area contributed by atoms with E-state index in [1.807, 2.05) is 181 Å². The summed E-state index contributed by atoms with van der Waals surface area (Å²) in [4.78, 5) is 46.2. The first-order valence-corrected chi connectivity index (χ1v) is 54.5. The summed E-state index contributed by atoms with van der Waals surface area (Å²) in [6, 6.07) is 79.9. The summed E-state index contributed by atoms with van der Waals surface area (Å²) in [5.74, 6) is 0. The zero-order valence-corrected chi connectivity index (χ0v) is 97.4. The number of fused-ring (bicyclic) bond motifs is 37. The summed E-state index contributed by atoms with van der Waals surface area (Å²) < 4.78 is 20.3. The van der Waals surface area contributed by atoms with E-state index in [4.69, 9.17) is 13.3 Å². The summed E-state index contributed by atoms with van der Waals surface area (Å²) in [5, 5.41) is 27.6. The Bertz CT molecular complexity index is 7200. The molecule has 0 atom stereocenters. The summed E-state index contributed by atoms with van der Waals surface area (Å²) in [7, 11) is 0. The maximum atomic E-state index is 6.00. The first-order chi connectivity index (χ1) is 70.2. The minimum Gasteiger partial charge on any atom is -0.436 e. The Balaban J connectivity index is 0.000000292. The van der Waals surface area contributed by atoms with Crippen molar-refractivity contribution >= 4 is 227 Å². The SMILES string of the molecule is CC.CC.CC.CC.CC.CC.CC.CC.CC.CC.CC(C)(C)C.CC(C)(C)C.CC(C)(C)C.CC(C)(C)C.CC(C)(C)C.c1ccc2c(c1)c1ccccc1c1c3nccnc3oc21.c1ccc2c(c1)c1ccccc1c1c3nccnc3oc21.c1ccc2c(c1)c1ccccc1c1c3nccnc3sc21.c1ccc2c(c1)c1ccccc1c1c3nccnc3sc21.c1ccc2c(c1)ccc1oc3nccnc3c12. The smallest absolute Gasteiger partial charge is 0.246 e. The molecule has 0 amide bonds. The molecule has 14 aromatic carbocycles. The molecule has 772 valence electrons. The van der Waals surface area contributed by atoms with Gasteiger partial charge in [-0.2, -0.15) is 0 Å². The number of thiophene rings is 2. The molecule has 0 fully saturated rings. The summed E-state index contributed by atoms with van der Waals surface area (Å²) in [6.45, 7) is 83.8. The van der Waals surface area contributed by atoms with Crippen molar-refractivity contribution in [1.82, 2.24) is 49.8 Å². The lowest BCUT2D eigenvalue weighted by atomic mass is 9.98. The molecule has 24 rings (SSSR count). The average molecular weight is 1990 g/mol. The number of nitrogens with zero attached hydrogens (tertiary/aromatic N) is 10. The predicted octanol–water partition coefficient (Wildman–Crippen LogP) is 43.7. The van der Waals surface area contributed by atoms with E-state index in [1.165, 1.54) is 90.2 Å². The van der Waals surface area contributed by atoms with E-state index in [0.717, 1.165) is 97.1 Å². The van der Waals surface area contributed by atoms with Gasteiger partial charge in [0.05, 0.1) is 16.2 Å². The number of hydrogen-bond donors (Lipinski definition) is 0. The van der Waals surface area contributed by atoms with Crippen LogP contribution in [0.15, 0.2) is 306 Å². The van der Waals surface area contributed by atoms with E-state index >= 15 is 0 Å². The molecule has 146 heavy (non-hydrogen) atoms. The highest BCUT2D eigenvalue weighted by Gasteiger charge is 2.22. The number of furan rings is 3. The van der Waals surface area contributed by atoms with Crippen molar-refractivity contribution in [2.75, 3.05) is 0 Å². The highest BCUT2D eigenvalue weighted by Crippen LogP contribution is 2.46. The van der Waals surface area contributed by atoms with Gasteiger partial charge in [0.1, 0.15) is 54.0 Å². The molecular weight excluding hydrogens is 1830 g/mol. The third-order valence-corrected chi connectivity index (χ3v) is 21.2. The first-order valence-electron chi connectivity index (χ1n) is 52.9. The molecule has 0 radical (unpaired) electrons. The van der Waals surface area contributed by atoms with Crippen LogP contribution in [0.4, 0.5) is 0 Å². The van der Waals surface area contributed by atoms with Gasteiger partial charge < -0.3 is 13.3 Å². The van der Waals surface area contributed by atoms with Crippen LogP contribution in [0.2, 0.25) is 0 Å². The second kappa shape index (κ2) is 59.9. The summed E-state index contributed by atoms with van der Waals surface area (Å²) in [5.41, 5.74) is 11.4. The molecule has 0 bridgehead atoms. The van der Waals surface area contributed by atoms with E-state index in [2.05, 4.69) is 376 Å². The van der Waals surface area contributed by atoms with Crippen LogP contribution in [0, 0.1) is 27.1 Å². The van der Waals surface area contributed by atoms with Crippen LogP contribution in [-0.2, 0) is 0 Å². The molecule has 10 aromatic heterocycles. The van der Waals surface area contributed by atoms with Crippen molar-refractivity contribution in [3.63, 3.8) is 0 Å². The van der Waals surface area contributed by atoms with Crippen LogP contribution in [0.1, 0.15) is 277 Å². The Morgan fingerprint density at radius 1 is 0.171 bits per heavy atom. The first kappa shape index (κ1) is 123. The fraction of sp³-hybridized carbons (Fsp3) is 0.344. The van der Waals surface area contributed by atoms with Crippen LogP contribution in [0.3, 0.4) is 0 Å². The number of benzene rings is 14. The zero-order valence-electron chi connectivity index (χ0n) is 95.7. The number of rotatable bonds is 0. The van der Waals surface area contributed by atoms with Crippen molar-refractivity contribution < 1.29 is 13.3 Å². The number of hydrogen-bond acceptors (Lipinski definition) is 15. The highest BCUT2D eigenvalue weighted by molar-refractivity contribution is 7.27. The van der Waals surface area contributed by atoms with Crippen LogP contribution >= 0.6 is 22.7 Å². The van der Waals surface area contributed by atoms with E-state index in [9.17, 15) is 0 Å². The van der Waals surface area contributed by atoms with E-state index < -0.39 is 0 Å². The Hall–Kier alpha value is -13.3. The molecule has 0 aliphatic heterocycles. The average Bonchev–Trinajstić information content (AvgIpc) is 1.32. The van der Waals surface area contributed by atoms with E-state index in [-0.39, 0.29) is 0 Å². The summed E-state index contributed by atoms with van der Waals surface area (Å²) >= 11 is 3.46. The predicted molar refractivity (Wildman–Crippen MR) is 654 cm³/mol. The van der Waals surface area contributed by atoms with Gasteiger partial charge in [0.25, 0.3) is 0 Å². The van der Waals surface area contributed by atoms with Gasteiger partial charge in [-0.05, 0) is 109 Å². The van der Waals surface area contributed by atoms with E-state index in [0.29, 0.717) is 44.2 Å². The van der Waals surface area contributed by atoms with Gasteiger partial charge in [0.15, 0.2) is 0 Å². The van der Waals surface area contributed by atoms with Gasteiger partial charge in [0.2, 0.25) is 17.1 Å². The molecule has 0 unspecified atom stereocenters. The molecule has 24 aromatic rings. The lowest BCUT2D eigenvalue weighted by Gasteiger charge is -2.06. The van der Waals surface area contributed by atoms with Crippen molar-refractivity contribution in [3.8, 4) is 0 Å². The molecule has 10 heterocycles. The Morgan fingerprint density at radius 2 is 0.363 bits per heavy atom. The van der Waals surface area contributed by atoms with Crippen LogP contribution in [0.25, 0.3) is 204 Å². The minimum atomic E-state index is 0.500. The maximum absolute atomic E-state index is 6.00. The third-order valence-electron chi connectivity index (χ3n) is 18.9. The van der Waals surface area contributed by atoms with Gasteiger partial charge in [-0.15, -0.1) is 22.7 Å². The fourth-order valence-corrected chi connectivity index (χ4v) is 17.0. The maximum Gasteiger partial charge on any atom is 0.246 e. The monoisotopic (exact) mass is 1990 g/mol. The van der Waals surface area contributed by atoms with Gasteiger partial charge >= 0.3 is 0 Å². The topological polar surface area (TPSA) is 168 Å². The minimum absolute atomic E-state index is 0.500. The molecule has 13 nitrogen and oxygen atoms in total. The molecule has 0 saturated carbocycles. The normalized spacial score (nSPS) is 10.6. The van der Waals surface area contributed by atoms with Crippen molar-refractivity contribution in [2.24, 2.45) is 27.1 Å². The van der Waals surface area contributed by atoms with Crippen molar-refractivity contribution in [3.05, 3.63) is 292 Å². The van der Waals surface area contributed by atoms with Crippen molar-refractivity contribution in [1.29, 1.82) is 0 Å².